The molecule has 1 saturated heterocycles. The third-order valence-electron chi connectivity index (χ3n) is 3.71. The van der Waals surface area contributed by atoms with E-state index in [1.807, 2.05) is 18.2 Å². The third-order valence-corrected chi connectivity index (χ3v) is 4.28. The van der Waals surface area contributed by atoms with Gasteiger partial charge in [0.25, 0.3) is 5.56 Å². The van der Waals surface area contributed by atoms with Crippen LogP contribution in [-0.2, 0) is 0 Å². The first-order chi connectivity index (χ1) is 11.6. The van der Waals surface area contributed by atoms with Gasteiger partial charge in [-0.1, -0.05) is 6.07 Å². The Morgan fingerprint density at radius 3 is 3.00 bits per heavy atom. The number of H-pyrrole nitrogens is 1. The SMILES string of the molecule is O=c1[nH]c(Nc2cccc(OC[C@@H](O)CN3CCC3)c2)ncc1Br. The van der Waals surface area contributed by atoms with Crippen molar-refractivity contribution in [2.45, 2.75) is 12.5 Å². The van der Waals surface area contributed by atoms with E-state index in [0.29, 0.717) is 22.7 Å². The van der Waals surface area contributed by atoms with Gasteiger partial charge in [0.15, 0.2) is 0 Å². The summed E-state index contributed by atoms with van der Waals surface area (Å²) in [5.41, 5.74) is 0.476. The molecule has 0 radical (unpaired) electrons. The molecule has 8 heteroatoms. The molecular formula is C16H19BrN4O3. The average Bonchev–Trinajstić information content (AvgIpc) is 2.53. The maximum absolute atomic E-state index is 11.6. The van der Waals surface area contributed by atoms with Crippen LogP contribution in [0.15, 0.2) is 39.7 Å². The Labute approximate surface area is 147 Å². The number of halogens is 1. The topological polar surface area (TPSA) is 90.5 Å². The highest BCUT2D eigenvalue weighted by Crippen LogP contribution is 2.20. The smallest absolute Gasteiger partial charge is 0.266 e. The first kappa shape index (κ1) is 16.9. The number of ether oxygens (including phenoxy) is 1. The molecule has 1 fully saturated rings. The Hall–Kier alpha value is -1.90. The van der Waals surface area contributed by atoms with Gasteiger partial charge in [-0.05, 0) is 47.6 Å². The lowest BCUT2D eigenvalue weighted by molar-refractivity contribution is 0.0467. The van der Waals surface area contributed by atoms with Gasteiger partial charge >= 0.3 is 0 Å². The number of rotatable bonds is 7. The summed E-state index contributed by atoms with van der Waals surface area (Å²) >= 11 is 3.11. The normalized spacial score (nSPS) is 15.6. The fourth-order valence-electron chi connectivity index (χ4n) is 2.35. The molecule has 3 rings (SSSR count). The summed E-state index contributed by atoms with van der Waals surface area (Å²) in [5.74, 6) is 0.986. The average molecular weight is 395 g/mol. The Morgan fingerprint density at radius 2 is 2.29 bits per heavy atom. The van der Waals surface area contributed by atoms with Gasteiger partial charge in [0, 0.05) is 18.3 Å². The minimum absolute atomic E-state index is 0.243. The van der Waals surface area contributed by atoms with Crippen LogP contribution in [0.2, 0.25) is 0 Å². The summed E-state index contributed by atoms with van der Waals surface area (Å²) in [5, 5.41) is 13.0. The summed E-state index contributed by atoms with van der Waals surface area (Å²) in [6, 6.07) is 7.28. The van der Waals surface area contributed by atoms with Crippen molar-refractivity contribution in [3.8, 4) is 5.75 Å². The van der Waals surface area contributed by atoms with E-state index < -0.39 is 6.10 Å². The first-order valence-corrected chi connectivity index (χ1v) is 8.54. The van der Waals surface area contributed by atoms with Crippen LogP contribution in [0.1, 0.15) is 6.42 Å². The van der Waals surface area contributed by atoms with Crippen molar-refractivity contribution in [1.29, 1.82) is 0 Å². The number of anilines is 2. The molecule has 1 atom stereocenters. The zero-order valence-corrected chi connectivity index (χ0v) is 14.6. The van der Waals surface area contributed by atoms with E-state index in [1.54, 1.807) is 6.07 Å². The zero-order valence-electron chi connectivity index (χ0n) is 13.0. The lowest BCUT2D eigenvalue weighted by Crippen LogP contribution is -2.43. The van der Waals surface area contributed by atoms with E-state index in [9.17, 15) is 9.90 Å². The van der Waals surface area contributed by atoms with Crippen molar-refractivity contribution in [1.82, 2.24) is 14.9 Å². The van der Waals surface area contributed by atoms with Crippen LogP contribution in [0.3, 0.4) is 0 Å². The molecule has 1 aromatic heterocycles. The number of hydrogen-bond donors (Lipinski definition) is 3. The van der Waals surface area contributed by atoms with E-state index in [2.05, 4.69) is 36.1 Å². The van der Waals surface area contributed by atoms with Gasteiger partial charge < -0.3 is 20.1 Å². The Bertz CT molecular complexity index is 748. The van der Waals surface area contributed by atoms with Crippen molar-refractivity contribution >= 4 is 27.6 Å². The highest BCUT2D eigenvalue weighted by molar-refractivity contribution is 9.10. The van der Waals surface area contributed by atoms with Crippen molar-refractivity contribution < 1.29 is 9.84 Å². The Balaban J connectivity index is 1.56. The number of hydrogen-bond acceptors (Lipinski definition) is 6. The van der Waals surface area contributed by atoms with Gasteiger partial charge in [0.2, 0.25) is 5.95 Å². The minimum atomic E-state index is -0.508. The van der Waals surface area contributed by atoms with Gasteiger partial charge in [0.1, 0.15) is 22.9 Å². The van der Waals surface area contributed by atoms with E-state index in [4.69, 9.17) is 4.74 Å². The van der Waals surface area contributed by atoms with Crippen LogP contribution in [0.25, 0.3) is 0 Å². The zero-order chi connectivity index (χ0) is 16.9. The molecule has 0 unspecified atom stereocenters. The van der Waals surface area contributed by atoms with E-state index in [-0.39, 0.29) is 12.2 Å². The molecule has 0 saturated carbocycles. The summed E-state index contributed by atoms with van der Waals surface area (Å²) in [4.78, 5) is 20.5. The summed E-state index contributed by atoms with van der Waals surface area (Å²) in [7, 11) is 0. The maximum Gasteiger partial charge on any atom is 0.266 e. The minimum Gasteiger partial charge on any atom is -0.491 e. The molecular weight excluding hydrogens is 376 g/mol. The Morgan fingerprint density at radius 1 is 1.46 bits per heavy atom. The van der Waals surface area contributed by atoms with Crippen molar-refractivity contribution in [2.24, 2.45) is 0 Å². The van der Waals surface area contributed by atoms with Crippen molar-refractivity contribution in [2.75, 3.05) is 31.6 Å². The molecule has 24 heavy (non-hydrogen) atoms. The van der Waals surface area contributed by atoms with Gasteiger partial charge in [-0.15, -0.1) is 0 Å². The number of nitrogens with zero attached hydrogens (tertiary/aromatic N) is 2. The number of β-amino-alcohol motifs (C(OH)–C–C–N with tert-alkyl or cyclic N) is 1. The van der Waals surface area contributed by atoms with Crippen LogP contribution in [0, 0.1) is 0 Å². The standard InChI is InChI=1S/C16H19BrN4O3/c17-14-8-18-16(20-15(14)23)19-11-3-1-4-13(7-11)24-10-12(22)9-21-5-2-6-21/h1,3-4,7-8,12,22H,2,5-6,9-10H2,(H2,18,19,20,23)/t12-/m0/s1. The molecule has 2 heterocycles. The summed E-state index contributed by atoms with van der Waals surface area (Å²) < 4.78 is 6.02. The number of aliphatic hydroxyl groups excluding tert-OH is 1. The van der Waals surface area contributed by atoms with Crippen molar-refractivity contribution in [3.05, 3.63) is 45.3 Å². The van der Waals surface area contributed by atoms with E-state index in [0.717, 1.165) is 18.8 Å². The van der Waals surface area contributed by atoms with Crippen LogP contribution >= 0.6 is 15.9 Å². The number of likely N-dealkylation sites (tertiary alicyclic amines) is 1. The molecule has 0 aliphatic carbocycles. The molecule has 7 nitrogen and oxygen atoms in total. The summed E-state index contributed by atoms with van der Waals surface area (Å²) in [6.07, 6.45) is 2.13. The van der Waals surface area contributed by atoms with Crippen LogP contribution in [0.5, 0.6) is 5.75 Å². The molecule has 1 aliphatic rings. The fraction of sp³-hybridized carbons (Fsp3) is 0.375. The first-order valence-electron chi connectivity index (χ1n) is 7.75. The number of aromatic nitrogens is 2. The highest BCUT2D eigenvalue weighted by Gasteiger charge is 2.17. The maximum atomic E-state index is 11.6. The molecule has 0 spiro atoms. The van der Waals surface area contributed by atoms with E-state index >= 15 is 0 Å². The lowest BCUT2D eigenvalue weighted by Gasteiger charge is -2.32. The monoisotopic (exact) mass is 394 g/mol. The molecule has 0 amide bonds. The van der Waals surface area contributed by atoms with E-state index in [1.165, 1.54) is 12.6 Å². The Kier molecular flexibility index (Phi) is 5.49. The summed E-state index contributed by atoms with van der Waals surface area (Å²) in [6.45, 7) is 2.99. The molecule has 0 bridgehead atoms. The van der Waals surface area contributed by atoms with Gasteiger partial charge in [0.05, 0.1) is 6.20 Å². The second-order valence-electron chi connectivity index (χ2n) is 5.68. The fourth-order valence-corrected chi connectivity index (χ4v) is 2.55. The second kappa shape index (κ2) is 7.78. The van der Waals surface area contributed by atoms with Crippen LogP contribution < -0.4 is 15.6 Å². The van der Waals surface area contributed by atoms with Gasteiger partial charge in [-0.3, -0.25) is 9.78 Å². The molecule has 1 aromatic carbocycles. The number of aliphatic hydroxyl groups is 1. The predicted molar refractivity (Wildman–Crippen MR) is 94.8 cm³/mol. The molecule has 2 aromatic rings. The lowest BCUT2D eigenvalue weighted by atomic mass is 10.2. The molecule has 1 aliphatic heterocycles. The number of aromatic amines is 1. The highest BCUT2D eigenvalue weighted by atomic mass is 79.9. The third kappa shape index (κ3) is 4.56. The largest absolute Gasteiger partial charge is 0.491 e. The number of benzene rings is 1. The second-order valence-corrected chi connectivity index (χ2v) is 6.54. The van der Waals surface area contributed by atoms with Crippen LogP contribution in [0.4, 0.5) is 11.6 Å². The van der Waals surface area contributed by atoms with Crippen LogP contribution in [-0.4, -0.2) is 52.3 Å². The molecule has 128 valence electrons. The van der Waals surface area contributed by atoms with Crippen molar-refractivity contribution in [3.63, 3.8) is 0 Å². The quantitative estimate of drug-likeness (QED) is 0.662. The number of nitrogens with one attached hydrogen (secondary N) is 2. The van der Waals surface area contributed by atoms with Gasteiger partial charge in [-0.25, -0.2) is 4.98 Å². The van der Waals surface area contributed by atoms with Gasteiger partial charge in [-0.2, -0.15) is 0 Å². The molecule has 3 N–H and O–H groups in total. The predicted octanol–water partition coefficient (Wildman–Crippen LogP) is 1.72.